The van der Waals surface area contributed by atoms with Gasteiger partial charge in [0.2, 0.25) is 11.9 Å². The Kier molecular flexibility index (Phi) is 6.17. The second kappa shape index (κ2) is 8.59. The van der Waals surface area contributed by atoms with E-state index in [1.54, 1.807) is 13.1 Å². The quantitative estimate of drug-likeness (QED) is 0.844. The van der Waals surface area contributed by atoms with Gasteiger partial charge in [-0.15, -0.1) is 0 Å². The van der Waals surface area contributed by atoms with E-state index < -0.39 is 0 Å². The number of para-hydroxylation sites is 1. The molecule has 2 aromatic rings. The third-order valence-electron chi connectivity index (χ3n) is 5.28. The lowest BCUT2D eigenvalue weighted by molar-refractivity contribution is -0.129. The summed E-state index contributed by atoms with van der Waals surface area (Å²) < 4.78 is 0. The molecule has 0 aliphatic carbocycles. The van der Waals surface area contributed by atoms with Crippen molar-refractivity contribution in [2.24, 2.45) is 0 Å². The van der Waals surface area contributed by atoms with Crippen LogP contribution in [0.3, 0.4) is 0 Å². The van der Waals surface area contributed by atoms with Crippen LogP contribution in [0.1, 0.15) is 57.6 Å². The van der Waals surface area contributed by atoms with Gasteiger partial charge in [0, 0.05) is 45.0 Å². The molecule has 1 amide bonds. The third-order valence-corrected chi connectivity index (χ3v) is 5.28. The van der Waals surface area contributed by atoms with Crippen LogP contribution in [-0.4, -0.2) is 47.0 Å². The molecule has 6 nitrogen and oxygen atoms in total. The predicted molar refractivity (Wildman–Crippen MR) is 114 cm³/mol. The van der Waals surface area contributed by atoms with Gasteiger partial charge in [-0.1, -0.05) is 45.9 Å². The monoisotopic (exact) mass is 381 g/mol. The maximum absolute atomic E-state index is 11.5. The lowest BCUT2D eigenvalue weighted by atomic mass is 9.92. The Bertz CT molecular complexity index is 799. The maximum Gasteiger partial charge on any atom is 0.227 e. The molecule has 1 aliphatic heterocycles. The molecular weight excluding hydrogens is 350 g/mol. The fourth-order valence-electron chi connectivity index (χ4n) is 3.62. The van der Waals surface area contributed by atoms with Crippen molar-refractivity contribution in [3.8, 4) is 0 Å². The zero-order valence-corrected chi connectivity index (χ0v) is 17.6. The topological polar surface area (TPSA) is 61.4 Å². The van der Waals surface area contributed by atoms with E-state index in [0.717, 1.165) is 24.6 Å². The molecule has 1 saturated heterocycles. The highest BCUT2D eigenvalue weighted by atomic mass is 16.2. The van der Waals surface area contributed by atoms with Crippen molar-refractivity contribution in [2.45, 2.75) is 46.5 Å². The average molecular weight is 382 g/mol. The van der Waals surface area contributed by atoms with Crippen molar-refractivity contribution in [2.75, 3.05) is 36.4 Å². The molecule has 6 heteroatoms. The molecule has 0 saturated carbocycles. The van der Waals surface area contributed by atoms with Gasteiger partial charge >= 0.3 is 0 Å². The second-order valence-electron chi connectivity index (χ2n) is 7.98. The van der Waals surface area contributed by atoms with Crippen molar-refractivity contribution in [1.82, 2.24) is 14.9 Å². The van der Waals surface area contributed by atoms with Gasteiger partial charge in [0.25, 0.3) is 0 Å². The Morgan fingerprint density at radius 1 is 1.00 bits per heavy atom. The van der Waals surface area contributed by atoms with Gasteiger partial charge in [-0.3, -0.25) is 4.79 Å². The van der Waals surface area contributed by atoms with E-state index in [2.05, 4.69) is 61.1 Å². The lowest BCUT2D eigenvalue weighted by Crippen LogP contribution is -2.48. The summed E-state index contributed by atoms with van der Waals surface area (Å²) in [6.07, 6.45) is 1.80. The van der Waals surface area contributed by atoms with E-state index in [1.807, 2.05) is 11.0 Å². The first kappa shape index (κ1) is 20.1. The number of anilines is 3. The SMILES string of the molecule is CC(=O)N1CCN(c2nccc(Nc3c(C(C)C)cccc3C(C)C)n2)CC1. The molecule has 150 valence electrons. The van der Waals surface area contributed by atoms with E-state index in [4.69, 9.17) is 4.98 Å². The minimum atomic E-state index is 0.127. The molecule has 1 fully saturated rings. The largest absolute Gasteiger partial charge is 0.340 e. The zero-order chi connectivity index (χ0) is 20.3. The smallest absolute Gasteiger partial charge is 0.227 e. The summed E-state index contributed by atoms with van der Waals surface area (Å²) in [5.74, 6) is 2.47. The van der Waals surface area contributed by atoms with Gasteiger partial charge in [-0.2, -0.15) is 4.98 Å². The summed E-state index contributed by atoms with van der Waals surface area (Å²) in [6, 6.07) is 8.41. The predicted octanol–water partition coefficient (Wildman–Crippen LogP) is 4.14. The number of piperazine rings is 1. The first-order valence-corrected chi connectivity index (χ1v) is 10.1. The molecule has 0 atom stereocenters. The number of nitrogens with zero attached hydrogens (tertiary/aromatic N) is 4. The number of carbonyl (C=O) groups is 1. The molecule has 0 bridgehead atoms. The van der Waals surface area contributed by atoms with E-state index >= 15 is 0 Å². The molecule has 0 spiro atoms. The Labute approximate surface area is 168 Å². The molecule has 0 radical (unpaired) electrons. The van der Waals surface area contributed by atoms with Gasteiger partial charge in [0.1, 0.15) is 5.82 Å². The highest BCUT2D eigenvalue weighted by Crippen LogP contribution is 2.34. The normalized spacial score (nSPS) is 14.7. The van der Waals surface area contributed by atoms with Crippen LogP contribution in [0.5, 0.6) is 0 Å². The first-order chi connectivity index (χ1) is 13.4. The number of rotatable bonds is 5. The van der Waals surface area contributed by atoms with Gasteiger partial charge < -0.3 is 15.1 Å². The highest BCUT2D eigenvalue weighted by Gasteiger charge is 2.21. The molecule has 0 unspecified atom stereocenters. The molecule has 2 heterocycles. The van der Waals surface area contributed by atoms with Crippen molar-refractivity contribution >= 4 is 23.4 Å². The molecule has 28 heavy (non-hydrogen) atoms. The lowest BCUT2D eigenvalue weighted by Gasteiger charge is -2.34. The molecular formula is C22H31N5O. The third kappa shape index (κ3) is 4.43. The fraction of sp³-hybridized carbons (Fsp3) is 0.500. The summed E-state index contributed by atoms with van der Waals surface area (Å²) in [7, 11) is 0. The standard InChI is InChI=1S/C22H31N5O/c1-15(2)18-7-6-8-19(16(3)4)21(18)24-20-9-10-23-22(25-20)27-13-11-26(12-14-27)17(5)28/h6-10,15-16H,11-14H2,1-5H3,(H,23,24,25). The number of hydrogen-bond acceptors (Lipinski definition) is 5. The summed E-state index contributed by atoms with van der Waals surface area (Å²) in [5.41, 5.74) is 3.74. The number of benzene rings is 1. The fourth-order valence-corrected chi connectivity index (χ4v) is 3.62. The maximum atomic E-state index is 11.5. The van der Waals surface area contributed by atoms with Crippen molar-refractivity contribution in [3.63, 3.8) is 0 Å². The Balaban J connectivity index is 1.84. The van der Waals surface area contributed by atoms with E-state index in [9.17, 15) is 4.79 Å². The summed E-state index contributed by atoms with van der Waals surface area (Å²) >= 11 is 0. The first-order valence-electron chi connectivity index (χ1n) is 10.1. The molecule has 1 aromatic carbocycles. The second-order valence-corrected chi connectivity index (χ2v) is 7.98. The number of nitrogens with one attached hydrogen (secondary N) is 1. The van der Waals surface area contributed by atoms with Crippen LogP contribution in [0, 0.1) is 0 Å². The molecule has 1 N–H and O–H groups in total. The Morgan fingerprint density at radius 2 is 1.61 bits per heavy atom. The van der Waals surface area contributed by atoms with Crippen molar-refractivity contribution in [1.29, 1.82) is 0 Å². The highest BCUT2D eigenvalue weighted by molar-refractivity contribution is 5.73. The van der Waals surface area contributed by atoms with Crippen LogP contribution in [0.15, 0.2) is 30.5 Å². The van der Waals surface area contributed by atoms with Gasteiger partial charge in [0.15, 0.2) is 0 Å². The van der Waals surface area contributed by atoms with Gasteiger partial charge in [-0.05, 0) is 29.0 Å². The molecule has 1 aromatic heterocycles. The van der Waals surface area contributed by atoms with Crippen LogP contribution in [0.4, 0.5) is 17.5 Å². The van der Waals surface area contributed by atoms with Gasteiger partial charge in [0.05, 0.1) is 0 Å². The van der Waals surface area contributed by atoms with Crippen LogP contribution >= 0.6 is 0 Å². The van der Waals surface area contributed by atoms with Gasteiger partial charge in [-0.25, -0.2) is 4.98 Å². The number of hydrogen-bond donors (Lipinski definition) is 1. The van der Waals surface area contributed by atoms with Crippen molar-refractivity contribution < 1.29 is 4.79 Å². The van der Waals surface area contributed by atoms with Crippen LogP contribution in [-0.2, 0) is 4.79 Å². The van der Waals surface area contributed by atoms with Crippen LogP contribution in [0.2, 0.25) is 0 Å². The molecule has 3 rings (SSSR count). The van der Waals surface area contributed by atoms with E-state index in [-0.39, 0.29) is 5.91 Å². The molecule has 1 aliphatic rings. The summed E-state index contributed by atoms with van der Waals surface area (Å²) in [6.45, 7) is 13.4. The Morgan fingerprint density at radius 3 is 2.14 bits per heavy atom. The Hall–Kier alpha value is -2.63. The minimum Gasteiger partial charge on any atom is -0.340 e. The van der Waals surface area contributed by atoms with E-state index in [1.165, 1.54) is 11.1 Å². The summed E-state index contributed by atoms with van der Waals surface area (Å²) in [4.78, 5) is 24.8. The number of aromatic nitrogens is 2. The van der Waals surface area contributed by atoms with Crippen LogP contribution < -0.4 is 10.2 Å². The number of amides is 1. The number of carbonyl (C=O) groups excluding carboxylic acids is 1. The van der Waals surface area contributed by atoms with E-state index in [0.29, 0.717) is 30.9 Å². The van der Waals surface area contributed by atoms with Crippen molar-refractivity contribution in [3.05, 3.63) is 41.6 Å². The minimum absolute atomic E-state index is 0.127. The zero-order valence-electron chi connectivity index (χ0n) is 17.6. The summed E-state index contributed by atoms with van der Waals surface area (Å²) in [5, 5.41) is 3.57. The van der Waals surface area contributed by atoms with Crippen LogP contribution in [0.25, 0.3) is 0 Å². The average Bonchev–Trinajstić information content (AvgIpc) is 2.68.